The van der Waals surface area contributed by atoms with Gasteiger partial charge in [-0.05, 0) is 37.4 Å². The van der Waals surface area contributed by atoms with E-state index in [9.17, 15) is 3.89 Å². The molecule has 1 unspecified atom stereocenters. The molecule has 0 aromatic carbocycles. The predicted molar refractivity (Wildman–Crippen MR) is 89.7 cm³/mol. The summed E-state index contributed by atoms with van der Waals surface area (Å²) in [6.45, 7) is 8.28. The van der Waals surface area contributed by atoms with E-state index in [1.165, 1.54) is 16.7 Å². The number of fused-ring (bicyclic) bond motifs is 2. The summed E-state index contributed by atoms with van der Waals surface area (Å²) in [6.07, 6.45) is 4.43. The van der Waals surface area contributed by atoms with Gasteiger partial charge in [0.25, 0.3) is 0 Å². The second kappa shape index (κ2) is 6.83. The van der Waals surface area contributed by atoms with Gasteiger partial charge in [0.05, 0.1) is 5.39 Å². The van der Waals surface area contributed by atoms with Crippen LogP contribution in [0.1, 0.15) is 20.3 Å². The van der Waals surface area contributed by atoms with E-state index in [0.717, 1.165) is 43.3 Å². The molecule has 2 fully saturated rings. The van der Waals surface area contributed by atoms with Gasteiger partial charge in [-0.2, -0.15) is 0 Å². The summed E-state index contributed by atoms with van der Waals surface area (Å²) in [5, 5.41) is 4.40. The Kier molecular flexibility index (Phi) is 4.83. The lowest BCUT2D eigenvalue weighted by Crippen LogP contribution is -2.40. The lowest BCUT2D eigenvalue weighted by atomic mass is 9.88. The maximum atomic E-state index is 12.8. The molecule has 22 heavy (non-hydrogen) atoms. The van der Waals surface area contributed by atoms with Gasteiger partial charge in [-0.15, -0.1) is 3.89 Å². The normalized spacial score (nSPS) is 24.0. The van der Waals surface area contributed by atoms with Crippen molar-refractivity contribution in [2.75, 3.05) is 31.1 Å². The first-order valence-electron chi connectivity index (χ1n) is 7.93. The highest BCUT2D eigenvalue weighted by atomic mass is 32.2. The first-order valence-corrected chi connectivity index (χ1v) is 8.61. The molecule has 0 bridgehead atoms. The molecule has 0 aliphatic carbocycles. The maximum Gasteiger partial charge on any atom is 0.171 e. The molecule has 120 valence electrons. The van der Waals surface area contributed by atoms with Crippen LogP contribution in [0.2, 0.25) is 0 Å². The molecule has 4 heterocycles. The average molecular weight is 323 g/mol. The Labute approximate surface area is 134 Å². The van der Waals surface area contributed by atoms with E-state index in [1.807, 2.05) is 19.9 Å². The van der Waals surface area contributed by atoms with Crippen molar-refractivity contribution in [3.63, 3.8) is 0 Å². The Morgan fingerprint density at radius 3 is 2.91 bits per heavy atom. The third-order valence-electron chi connectivity index (χ3n) is 4.51. The molecule has 2 aromatic rings. The fraction of sp³-hybridized carbons (Fsp3) is 0.600. The topological polar surface area (TPSA) is 46.0 Å². The molecule has 2 saturated heterocycles. The number of hydrogen-bond donors (Lipinski definition) is 1. The number of piperidine rings is 1. The van der Waals surface area contributed by atoms with Crippen LogP contribution in [0.5, 0.6) is 0 Å². The van der Waals surface area contributed by atoms with Crippen molar-refractivity contribution in [2.45, 2.75) is 20.3 Å². The molecule has 5 nitrogen and oxygen atoms in total. The van der Waals surface area contributed by atoms with Crippen LogP contribution in [0.25, 0.3) is 11.0 Å². The van der Waals surface area contributed by atoms with Crippen LogP contribution in [0.3, 0.4) is 0 Å². The van der Waals surface area contributed by atoms with Crippen LogP contribution in [-0.4, -0.2) is 40.1 Å². The van der Waals surface area contributed by atoms with Gasteiger partial charge in [-0.1, -0.05) is 13.8 Å². The fourth-order valence-corrected chi connectivity index (χ4v) is 3.77. The van der Waals surface area contributed by atoms with Crippen molar-refractivity contribution in [3.05, 3.63) is 18.6 Å². The number of nitrogens with one attached hydrogen (secondary N) is 1. The second-order valence-corrected chi connectivity index (χ2v) is 6.09. The Bertz CT molecular complexity index is 631. The molecule has 1 N–H and O–H groups in total. The molecule has 2 aliphatic heterocycles. The van der Waals surface area contributed by atoms with E-state index < -0.39 is 0 Å². The van der Waals surface area contributed by atoms with Gasteiger partial charge in [-0.3, -0.25) is 0 Å². The molecule has 2 aliphatic rings. The third-order valence-corrected chi connectivity index (χ3v) is 4.95. The van der Waals surface area contributed by atoms with E-state index >= 15 is 0 Å². The minimum Gasteiger partial charge on any atom is -0.356 e. The molecular formula is C15H22FN5S. The summed E-state index contributed by atoms with van der Waals surface area (Å²) in [5.74, 6) is 2.44. The van der Waals surface area contributed by atoms with E-state index in [-0.39, 0.29) is 12.3 Å². The third kappa shape index (κ3) is 2.67. The zero-order valence-corrected chi connectivity index (χ0v) is 13.8. The Morgan fingerprint density at radius 2 is 2.09 bits per heavy atom. The highest BCUT2D eigenvalue weighted by molar-refractivity contribution is 7.92. The highest BCUT2D eigenvalue weighted by Gasteiger charge is 2.33. The molecular weight excluding hydrogens is 301 g/mol. The lowest BCUT2D eigenvalue weighted by molar-refractivity contribution is 0.348. The molecule has 0 radical (unpaired) electrons. The van der Waals surface area contributed by atoms with E-state index in [4.69, 9.17) is 0 Å². The number of nitrogens with zero attached hydrogens (tertiary/aromatic N) is 4. The summed E-state index contributed by atoms with van der Waals surface area (Å²) in [5.41, 5.74) is 0.647. The molecule has 0 saturated carbocycles. The zero-order valence-electron chi connectivity index (χ0n) is 13.0. The number of aromatic nitrogens is 3. The zero-order chi connectivity index (χ0) is 15.5. The SMILES string of the molecule is CC.FSn1ccc2c(N3CCC4CNC[C@@H]4C3)ncnc21. The van der Waals surface area contributed by atoms with Crippen LogP contribution >= 0.6 is 12.3 Å². The summed E-state index contributed by atoms with van der Waals surface area (Å²) in [6, 6.07) is 1.90. The van der Waals surface area contributed by atoms with E-state index in [0.29, 0.717) is 11.6 Å². The number of halogens is 1. The monoisotopic (exact) mass is 323 g/mol. The maximum absolute atomic E-state index is 12.8. The Hall–Kier alpha value is -1.34. The molecule has 2 aromatic heterocycles. The van der Waals surface area contributed by atoms with Crippen molar-refractivity contribution in [3.8, 4) is 0 Å². The lowest BCUT2D eigenvalue weighted by Gasteiger charge is -2.35. The number of rotatable bonds is 2. The van der Waals surface area contributed by atoms with Crippen molar-refractivity contribution < 1.29 is 3.89 Å². The van der Waals surface area contributed by atoms with Gasteiger partial charge in [0.15, 0.2) is 18.0 Å². The summed E-state index contributed by atoms with van der Waals surface area (Å²) >= 11 is 0.174. The molecule has 0 amide bonds. The largest absolute Gasteiger partial charge is 0.356 e. The van der Waals surface area contributed by atoms with E-state index in [1.54, 1.807) is 6.20 Å². The quantitative estimate of drug-likeness (QED) is 0.921. The minimum atomic E-state index is 0.174. The standard InChI is InChI=1S/C13H16FN5S.C2H6/c14-20-19-4-2-11-12(16-8-17-13(11)19)18-3-1-9-5-15-6-10(9)7-18;1-2/h2,4,8-10,15H,1,3,5-7H2;1-2H3/t9?,10-;/m1./s1. The molecule has 0 spiro atoms. The average Bonchev–Trinajstić information content (AvgIpc) is 3.22. The van der Waals surface area contributed by atoms with Crippen molar-refractivity contribution in [1.82, 2.24) is 19.3 Å². The second-order valence-electron chi connectivity index (χ2n) is 5.56. The first-order chi connectivity index (χ1) is 10.9. The Morgan fingerprint density at radius 1 is 1.27 bits per heavy atom. The van der Waals surface area contributed by atoms with Gasteiger partial charge in [0.1, 0.15) is 12.1 Å². The van der Waals surface area contributed by atoms with Gasteiger partial charge in [-0.25, -0.2) is 13.9 Å². The predicted octanol–water partition coefficient (Wildman–Crippen LogP) is 2.88. The van der Waals surface area contributed by atoms with Gasteiger partial charge in [0, 0.05) is 19.3 Å². The Balaban J connectivity index is 0.000000693. The first kappa shape index (κ1) is 15.6. The summed E-state index contributed by atoms with van der Waals surface area (Å²) < 4.78 is 14.3. The van der Waals surface area contributed by atoms with Crippen LogP contribution in [0, 0.1) is 11.8 Å². The molecule has 7 heteroatoms. The van der Waals surface area contributed by atoms with Gasteiger partial charge < -0.3 is 10.2 Å². The van der Waals surface area contributed by atoms with Crippen LogP contribution in [-0.2, 0) is 0 Å². The molecule has 4 rings (SSSR count). The van der Waals surface area contributed by atoms with E-state index in [2.05, 4.69) is 20.2 Å². The van der Waals surface area contributed by atoms with Gasteiger partial charge in [0.2, 0.25) is 0 Å². The van der Waals surface area contributed by atoms with Gasteiger partial charge >= 0.3 is 0 Å². The van der Waals surface area contributed by atoms with Crippen molar-refractivity contribution >= 4 is 29.2 Å². The smallest absolute Gasteiger partial charge is 0.171 e. The van der Waals surface area contributed by atoms with Crippen LogP contribution in [0.4, 0.5) is 9.70 Å². The summed E-state index contributed by atoms with van der Waals surface area (Å²) in [7, 11) is 0. The fourth-order valence-electron chi connectivity index (χ4n) is 3.45. The molecule has 2 atom stereocenters. The van der Waals surface area contributed by atoms with Crippen molar-refractivity contribution in [2.24, 2.45) is 11.8 Å². The van der Waals surface area contributed by atoms with Crippen molar-refractivity contribution in [1.29, 1.82) is 0 Å². The number of hydrogen-bond acceptors (Lipinski definition) is 5. The summed E-state index contributed by atoms with van der Waals surface area (Å²) in [4.78, 5) is 11.0. The van der Waals surface area contributed by atoms with Crippen LogP contribution < -0.4 is 10.2 Å². The number of anilines is 1. The highest BCUT2D eigenvalue weighted by Crippen LogP contribution is 2.32. The van der Waals surface area contributed by atoms with Crippen LogP contribution in [0.15, 0.2) is 18.6 Å². The minimum absolute atomic E-state index is 0.174.